The molecule has 0 bridgehead atoms. The van der Waals surface area contributed by atoms with Gasteiger partial charge in [-0.05, 0) is 6.07 Å². The minimum atomic E-state index is -0.323. The molecule has 1 atom stereocenters. The largest absolute Gasteiger partial charge is 0.493 e. The van der Waals surface area contributed by atoms with Gasteiger partial charge in [0, 0.05) is 24.7 Å². The molecule has 1 N–H and O–H groups in total. The van der Waals surface area contributed by atoms with E-state index in [-0.39, 0.29) is 11.9 Å². The zero-order valence-corrected chi connectivity index (χ0v) is 11.8. The van der Waals surface area contributed by atoms with Crippen molar-refractivity contribution < 1.29 is 23.3 Å². The minimum Gasteiger partial charge on any atom is -0.493 e. The summed E-state index contributed by atoms with van der Waals surface area (Å²) in [6.07, 6.45) is 0.0203. The van der Waals surface area contributed by atoms with E-state index < -0.39 is 0 Å². The second-order valence-electron chi connectivity index (χ2n) is 4.50. The standard InChI is InChI=1S/C14H20FNO4/c1-17-13-5-10(12(15)6-14(13)18-2)7-16-8-11-9-19-3-4-20-11/h5-6,11,16H,3-4,7-9H2,1-2H3/t11-/m0/s1. The Bertz CT molecular complexity index is 435. The average Bonchev–Trinajstić information content (AvgIpc) is 2.49. The molecular weight excluding hydrogens is 265 g/mol. The van der Waals surface area contributed by atoms with Gasteiger partial charge in [0.25, 0.3) is 0 Å². The zero-order chi connectivity index (χ0) is 14.4. The average molecular weight is 285 g/mol. The van der Waals surface area contributed by atoms with Crippen molar-refractivity contribution in [3.63, 3.8) is 0 Å². The van der Waals surface area contributed by atoms with E-state index in [9.17, 15) is 4.39 Å². The van der Waals surface area contributed by atoms with E-state index in [1.807, 2.05) is 0 Å². The molecule has 1 aliphatic rings. The zero-order valence-electron chi connectivity index (χ0n) is 11.8. The van der Waals surface area contributed by atoms with E-state index in [0.717, 1.165) is 0 Å². The maximum Gasteiger partial charge on any atom is 0.163 e. The number of ether oxygens (including phenoxy) is 4. The SMILES string of the molecule is COc1cc(F)c(CNC[C@H]2COCCO2)cc1OC. The third-order valence-electron chi connectivity index (χ3n) is 3.13. The van der Waals surface area contributed by atoms with Crippen molar-refractivity contribution in [1.82, 2.24) is 5.32 Å². The Hall–Kier alpha value is -1.37. The molecule has 20 heavy (non-hydrogen) atoms. The first-order chi connectivity index (χ1) is 9.74. The smallest absolute Gasteiger partial charge is 0.163 e. The molecule has 0 spiro atoms. The molecule has 0 unspecified atom stereocenters. The topological polar surface area (TPSA) is 49.0 Å². The van der Waals surface area contributed by atoms with Gasteiger partial charge < -0.3 is 24.3 Å². The van der Waals surface area contributed by atoms with Crippen LogP contribution in [0.2, 0.25) is 0 Å². The fourth-order valence-electron chi connectivity index (χ4n) is 2.05. The molecule has 0 aromatic heterocycles. The third-order valence-corrected chi connectivity index (χ3v) is 3.13. The number of benzene rings is 1. The maximum atomic E-state index is 13.9. The summed E-state index contributed by atoms with van der Waals surface area (Å²) >= 11 is 0. The lowest BCUT2D eigenvalue weighted by Crippen LogP contribution is -2.37. The molecule has 1 heterocycles. The number of nitrogens with one attached hydrogen (secondary N) is 1. The molecule has 112 valence electrons. The van der Waals surface area contributed by atoms with Gasteiger partial charge in [0.1, 0.15) is 5.82 Å². The fourth-order valence-corrected chi connectivity index (χ4v) is 2.05. The van der Waals surface area contributed by atoms with Gasteiger partial charge in [-0.1, -0.05) is 0 Å². The van der Waals surface area contributed by atoms with E-state index in [1.54, 1.807) is 6.07 Å². The number of hydrogen-bond donors (Lipinski definition) is 1. The first kappa shape index (κ1) is 15.0. The van der Waals surface area contributed by atoms with Crippen LogP contribution in [0.25, 0.3) is 0 Å². The molecule has 1 aliphatic heterocycles. The predicted molar refractivity (Wildman–Crippen MR) is 71.8 cm³/mol. The van der Waals surface area contributed by atoms with Crippen LogP contribution in [0.4, 0.5) is 4.39 Å². The van der Waals surface area contributed by atoms with Crippen molar-refractivity contribution in [2.75, 3.05) is 40.6 Å². The molecule has 5 nitrogen and oxygen atoms in total. The minimum absolute atomic E-state index is 0.0203. The molecule has 1 aromatic carbocycles. The van der Waals surface area contributed by atoms with E-state index in [2.05, 4.69) is 5.32 Å². The summed E-state index contributed by atoms with van der Waals surface area (Å²) in [4.78, 5) is 0. The highest BCUT2D eigenvalue weighted by atomic mass is 19.1. The van der Waals surface area contributed by atoms with Crippen LogP contribution in [0.5, 0.6) is 11.5 Å². The first-order valence-electron chi connectivity index (χ1n) is 6.55. The highest BCUT2D eigenvalue weighted by Gasteiger charge is 2.15. The molecule has 0 radical (unpaired) electrons. The second kappa shape index (κ2) is 7.42. The molecule has 0 aliphatic carbocycles. The van der Waals surface area contributed by atoms with E-state index in [1.165, 1.54) is 20.3 Å². The quantitative estimate of drug-likeness (QED) is 0.855. The van der Waals surface area contributed by atoms with Gasteiger partial charge in [-0.15, -0.1) is 0 Å². The summed E-state index contributed by atoms with van der Waals surface area (Å²) in [5.41, 5.74) is 0.527. The molecule has 2 rings (SSSR count). The number of rotatable bonds is 6. The third kappa shape index (κ3) is 3.82. The molecule has 6 heteroatoms. The summed E-state index contributed by atoms with van der Waals surface area (Å²) in [5, 5.41) is 3.16. The molecule has 0 saturated carbocycles. The van der Waals surface area contributed by atoms with Crippen LogP contribution in [-0.2, 0) is 16.0 Å². The van der Waals surface area contributed by atoms with Crippen LogP contribution in [0.3, 0.4) is 0 Å². The lowest BCUT2D eigenvalue weighted by molar-refractivity contribution is -0.0864. The van der Waals surface area contributed by atoms with Crippen molar-refractivity contribution in [2.24, 2.45) is 0 Å². The lowest BCUT2D eigenvalue weighted by Gasteiger charge is -2.23. The van der Waals surface area contributed by atoms with Gasteiger partial charge in [-0.25, -0.2) is 4.39 Å². The van der Waals surface area contributed by atoms with Gasteiger partial charge in [-0.3, -0.25) is 0 Å². The van der Waals surface area contributed by atoms with Crippen LogP contribution >= 0.6 is 0 Å². The summed E-state index contributed by atoms with van der Waals surface area (Å²) in [6, 6.07) is 2.97. The number of halogens is 1. The Morgan fingerprint density at radius 3 is 2.65 bits per heavy atom. The van der Waals surface area contributed by atoms with E-state index >= 15 is 0 Å². The van der Waals surface area contributed by atoms with Crippen molar-refractivity contribution in [2.45, 2.75) is 12.6 Å². The Labute approximate surface area is 118 Å². The normalized spacial score (nSPS) is 18.9. The van der Waals surface area contributed by atoms with E-state index in [0.29, 0.717) is 50.0 Å². The van der Waals surface area contributed by atoms with Crippen LogP contribution < -0.4 is 14.8 Å². The van der Waals surface area contributed by atoms with Gasteiger partial charge in [0.15, 0.2) is 11.5 Å². The predicted octanol–water partition coefficient (Wildman–Crippen LogP) is 1.35. The highest BCUT2D eigenvalue weighted by Crippen LogP contribution is 2.29. The monoisotopic (exact) mass is 285 g/mol. The Kier molecular flexibility index (Phi) is 5.58. The summed E-state index contributed by atoms with van der Waals surface area (Å²) in [6.45, 7) is 2.83. The van der Waals surface area contributed by atoms with Crippen LogP contribution in [0.15, 0.2) is 12.1 Å². The maximum absolute atomic E-state index is 13.9. The van der Waals surface area contributed by atoms with Gasteiger partial charge in [-0.2, -0.15) is 0 Å². The van der Waals surface area contributed by atoms with Crippen LogP contribution in [-0.4, -0.2) is 46.7 Å². The Morgan fingerprint density at radius 2 is 2.00 bits per heavy atom. The summed E-state index contributed by atoms with van der Waals surface area (Å²) in [7, 11) is 3.01. The fraction of sp³-hybridized carbons (Fsp3) is 0.571. The highest BCUT2D eigenvalue weighted by molar-refractivity contribution is 5.43. The van der Waals surface area contributed by atoms with E-state index in [4.69, 9.17) is 18.9 Å². The summed E-state index contributed by atoms with van der Waals surface area (Å²) in [5.74, 6) is 0.580. The van der Waals surface area contributed by atoms with Crippen molar-refractivity contribution in [3.8, 4) is 11.5 Å². The molecular formula is C14H20FNO4. The van der Waals surface area contributed by atoms with Crippen molar-refractivity contribution >= 4 is 0 Å². The lowest BCUT2D eigenvalue weighted by atomic mass is 10.2. The van der Waals surface area contributed by atoms with Crippen LogP contribution in [0.1, 0.15) is 5.56 Å². The first-order valence-corrected chi connectivity index (χ1v) is 6.55. The Balaban J connectivity index is 1.91. The molecule has 1 saturated heterocycles. The van der Waals surface area contributed by atoms with Crippen LogP contribution in [0, 0.1) is 5.82 Å². The molecule has 0 amide bonds. The van der Waals surface area contributed by atoms with Crippen molar-refractivity contribution in [1.29, 1.82) is 0 Å². The molecule has 1 aromatic rings. The van der Waals surface area contributed by atoms with Gasteiger partial charge >= 0.3 is 0 Å². The van der Waals surface area contributed by atoms with Gasteiger partial charge in [0.2, 0.25) is 0 Å². The van der Waals surface area contributed by atoms with Crippen molar-refractivity contribution in [3.05, 3.63) is 23.5 Å². The number of hydrogen-bond acceptors (Lipinski definition) is 5. The Morgan fingerprint density at radius 1 is 1.25 bits per heavy atom. The van der Waals surface area contributed by atoms with Gasteiger partial charge in [0.05, 0.1) is 40.1 Å². The molecule has 1 fully saturated rings. The second-order valence-corrected chi connectivity index (χ2v) is 4.50. The summed E-state index contributed by atoms with van der Waals surface area (Å²) < 4.78 is 34.9. The number of methoxy groups -OCH3 is 2.